The first kappa shape index (κ1) is 21.3. The number of anilines is 1. The van der Waals surface area contributed by atoms with Crippen molar-refractivity contribution >= 4 is 45.5 Å². The molecule has 0 radical (unpaired) electrons. The van der Waals surface area contributed by atoms with Crippen LogP contribution < -0.4 is 10.6 Å². The third-order valence-electron chi connectivity index (χ3n) is 5.00. The Balaban J connectivity index is 1.33. The molecule has 30 heavy (non-hydrogen) atoms. The van der Waals surface area contributed by atoms with Crippen LogP contribution in [0.25, 0.3) is 0 Å². The second-order valence-corrected chi connectivity index (χ2v) is 10.4. The van der Waals surface area contributed by atoms with Crippen molar-refractivity contribution in [1.29, 1.82) is 0 Å². The molecule has 4 rings (SSSR count). The fourth-order valence-electron chi connectivity index (χ4n) is 3.51. The Hall–Kier alpha value is -1.97. The van der Waals surface area contributed by atoms with Crippen LogP contribution in [0.2, 0.25) is 0 Å². The van der Waals surface area contributed by atoms with E-state index in [1.807, 2.05) is 17.5 Å². The number of aromatic nitrogens is 2. The monoisotopic (exact) mass is 462 g/mol. The van der Waals surface area contributed by atoms with Crippen molar-refractivity contribution in [1.82, 2.24) is 15.5 Å². The molecule has 0 bridgehead atoms. The lowest BCUT2D eigenvalue weighted by atomic mass is 9.96. The van der Waals surface area contributed by atoms with Gasteiger partial charge in [0.15, 0.2) is 4.34 Å². The summed E-state index contributed by atoms with van der Waals surface area (Å²) in [6, 6.07) is 10.4. The minimum absolute atomic E-state index is 0.0975. The van der Waals surface area contributed by atoms with Gasteiger partial charge in [-0.25, -0.2) is 4.39 Å². The Labute approximate surface area is 187 Å². The maximum absolute atomic E-state index is 13.3. The zero-order valence-corrected chi connectivity index (χ0v) is 18.8. The zero-order valence-electron chi connectivity index (χ0n) is 16.3. The summed E-state index contributed by atoms with van der Waals surface area (Å²) in [5.41, 5.74) is 0.854. The normalized spacial score (nSPS) is 15.6. The first-order chi connectivity index (χ1) is 14.7. The summed E-state index contributed by atoms with van der Waals surface area (Å²) in [6.07, 6.45) is 6.19. The molecule has 2 heterocycles. The van der Waals surface area contributed by atoms with E-state index < -0.39 is 0 Å². The molecule has 3 aromatic rings. The minimum Gasteiger partial charge on any atom is -0.357 e. The maximum Gasteiger partial charge on any atom is 0.231 e. The Morgan fingerprint density at radius 1 is 1.17 bits per heavy atom. The molecule has 0 spiro atoms. The highest BCUT2D eigenvalue weighted by Crippen LogP contribution is 2.29. The van der Waals surface area contributed by atoms with Gasteiger partial charge < -0.3 is 10.6 Å². The van der Waals surface area contributed by atoms with Gasteiger partial charge in [0.25, 0.3) is 0 Å². The Morgan fingerprint density at radius 2 is 1.97 bits per heavy atom. The van der Waals surface area contributed by atoms with Crippen molar-refractivity contribution < 1.29 is 9.18 Å². The SMILES string of the molecule is O=C(CSc1nnc(NC2CCCCC2)s1)NC(c1ccc(F)cc1)c1cccs1. The molecule has 1 amide bonds. The van der Waals surface area contributed by atoms with Gasteiger partial charge in [-0.05, 0) is 42.0 Å². The molecule has 9 heteroatoms. The van der Waals surface area contributed by atoms with Crippen LogP contribution in [0.5, 0.6) is 0 Å². The fourth-order valence-corrected chi connectivity index (χ4v) is 5.95. The minimum atomic E-state index is -0.295. The van der Waals surface area contributed by atoms with E-state index in [9.17, 15) is 9.18 Å². The Morgan fingerprint density at radius 3 is 2.70 bits per heavy atom. The fraction of sp³-hybridized carbons (Fsp3) is 0.381. The Kier molecular flexibility index (Phi) is 7.35. The van der Waals surface area contributed by atoms with Crippen molar-refractivity contribution in [3.05, 3.63) is 58.0 Å². The third-order valence-corrected chi connectivity index (χ3v) is 7.93. The number of nitrogens with zero attached hydrogens (tertiary/aromatic N) is 2. The van der Waals surface area contributed by atoms with Gasteiger partial charge in [-0.2, -0.15) is 0 Å². The van der Waals surface area contributed by atoms with Crippen molar-refractivity contribution in [2.24, 2.45) is 0 Å². The van der Waals surface area contributed by atoms with Crippen molar-refractivity contribution in [3.63, 3.8) is 0 Å². The van der Waals surface area contributed by atoms with Gasteiger partial charge in [0.05, 0.1) is 11.8 Å². The number of carbonyl (C=O) groups is 1. The molecule has 2 N–H and O–H groups in total. The van der Waals surface area contributed by atoms with Crippen molar-refractivity contribution in [2.45, 2.75) is 48.5 Å². The molecule has 1 atom stereocenters. The van der Waals surface area contributed by atoms with E-state index in [2.05, 4.69) is 20.8 Å². The van der Waals surface area contributed by atoms with E-state index in [4.69, 9.17) is 0 Å². The van der Waals surface area contributed by atoms with Crippen LogP contribution in [-0.4, -0.2) is 27.9 Å². The lowest BCUT2D eigenvalue weighted by Gasteiger charge is -2.21. The van der Waals surface area contributed by atoms with Crippen LogP contribution in [0.3, 0.4) is 0 Å². The van der Waals surface area contributed by atoms with E-state index in [-0.39, 0.29) is 23.5 Å². The van der Waals surface area contributed by atoms with Crippen molar-refractivity contribution in [3.8, 4) is 0 Å². The molecule has 158 valence electrons. The molecule has 0 aliphatic heterocycles. The average molecular weight is 463 g/mol. The van der Waals surface area contributed by atoms with Crippen LogP contribution in [0.15, 0.2) is 46.1 Å². The number of rotatable bonds is 8. The second kappa shape index (κ2) is 10.4. The van der Waals surface area contributed by atoms with E-state index in [1.165, 1.54) is 67.3 Å². The number of thiophene rings is 1. The van der Waals surface area contributed by atoms with Gasteiger partial charge in [0, 0.05) is 10.9 Å². The van der Waals surface area contributed by atoms with Gasteiger partial charge in [0.2, 0.25) is 11.0 Å². The van der Waals surface area contributed by atoms with Crippen molar-refractivity contribution in [2.75, 3.05) is 11.1 Å². The molecule has 2 aromatic heterocycles. The zero-order chi connectivity index (χ0) is 20.8. The van der Waals surface area contributed by atoms with Gasteiger partial charge >= 0.3 is 0 Å². The Bertz CT molecular complexity index is 940. The molecule has 1 unspecified atom stereocenters. The number of hydrogen-bond acceptors (Lipinski definition) is 7. The van der Waals surface area contributed by atoms with Crippen LogP contribution in [0.1, 0.15) is 48.6 Å². The third kappa shape index (κ3) is 5.80. The number of nitrogens with one attached hydrogen (secondary N) is 2. The van der Waals surface area contributed by atoms with Gasteiger partial charge in [-0.15, -0.1) is 21.5 Å². The highest BCUT2D eigenvalue weighted by molar-refractivity contribution is 8.01. The molecular weight excluding hydrogens is 439 g/mol. The summed E-state index contributed by atoms with van der Waals surface area (Å²) in [5, 5.41) is 17.7. The quantitative estimate of drug-likeness (QED) is 0.434. The lowest BCUT2D eigenvalue weighted by molar-refractivity contribution is -0.119. The maximum atomic E-state index is 13.3. The first-order valence-electron chi connectivity index (χ1n) is 9.98. The number of amides is 1. The summed E-state index contributed by atoms with van der Waals surface area (Å²) in [7, 11) is 0. The summed E-state index contributed by atoms with van der Waals surface area (Å²) < 4.78 is 14.1. The summed E-state index contributed by atoms with van der Waals surface area (Å²) in [6.45, 7) is 0. The summed E-state index contributed by atoms with van der Waals surface area (Å²) >= 11 is 4.44. The van der Waals surface area contributed by atoms with Gasteiger partial charge in [0.1, 0.15) is 5.82 Å². The molecule has 1 aliphatic carbocycles. The van der Waals surface area contributed by atoms with Crippen LogP contribution in [-0.2, 0) is 4.79 Å². The molecule has 1 fully saturated rings. The van der Waals surface area contributed by atoms with Crippen LogP contribution >= 0.6 is 34.4 Å². The molecule has 1 saturated carbocycles. The largest absolute Gasteiger partial charge is 0.357 e. The predicted octanol–water partition coefficient (Wildman–Crippen LogP) is 5.48. The number of hydrogen-bond donors (Lipinski definition) is 2. The summed E-state index contributed by atoms with van der Waals surface area (Å²) in [4.78, 5) is 13.6. The number of halogens is 1. The highest BCUT2D eigenvalue weighted by Gasteiger charge is 2.19. The topological polar surface area (TPSA) is 66.9 Å². The molecule has 5 nitrogen and oxygen atoms in total. The summed E-state index contributed by atoms with van der Waals surface area (Å²) in [5.74, 6) is -0.139. The van der Waals surface area contributed by atoms with Gasteiger partial charge in [-0.1, -0.05) is 60.6 Å². The second-order valence-electron chi connectivity index (χ2n) is 7.21. The molecular formula is C21H23FN4OS3. The van der Waals surface area contributed by atoms with E-state index in [1.54, 1.807) is 23.5 Å². The number of carbonyl (C=O) groups excluding carboxylic acids is 1. The standard InChI is InChI=1S/C21H23FN4OS3/c22-15-10-8-14(9-11-15)19(17-7-4-12-28-17)24-18(27)13-29-21-26-25-20(30-21)23-16-5-2-1-3-6-16/h4,7-12,16,19H,1-3,5-6,13H2,(H,23,25)(H,24,27). The lowest BCUT2D eigenvalue weighted by Crippen LogP contribution is -2.30. The highest BCUT2D eigenvalue weighted by atomic mass is 32.2. The molecule has 1 aliphatic rings. The molecule has 1 aromatic carbocycles. The van der Waals surface area contributed by atoms with Crippen LogP contribution in [0.4, 0.5) is 9.52 Å². The number of thioether (sulfide) groups is 1. The number of benzene rings is 1. The van der Waals surface area contributed by atoms with E-state index in [0.29, 0.717) is 6.04 Å². The smallest absolute Gasteiger partial charge is 0.231 e. The van der Waals surface area contributed by atoms with Crippen LogP contribution in [0, 0.1) is 5.82 Å². The average Bonchev–Trinajstić information content (AvgIpc) is 3.44. The van der Waals surface area contributed by atoms with E-state index in [0.717, 1.165) is 19.9 Å². The molecule has 0 saturated heterocycles. The first-order valence-corrected chi connectivity index (χ1v) is 12.7. The van der Waals surface area contributed by atoms with Gasteiger partial charge in [-0.3, -0.25) is 4.79 Å². The predicted molar refractivity (Wildman–Crippen MR) is 122 cm³/mol. The van der Waals surface area contributed by atoms with E-state index >= 15 is 0 Å².